The molecule has 0 N–H and O–H groups in total. The van der Waals surface area contributed by atoms with E-state index in [4.69, 9.17) is 22.7 Å². The fourth-order valence-corrected chi connectivity index (χ4v) is 6.96. The molecule has 2 heterocycles. The van der Waals surface area contributed by atoms with E-state index < -0.39 is 18.8 Å². The number of hydrogen-bond donors (Lipinski definition) is 0. The molecule has 8 nitrogen and oxygen atoms in total. The maximum absolute atomic E-state index is 13.9. The molecule has 2 aliphatic rings. The van der Waals surface area contributed by atoms with Crippen LogP contribution in [0, 0.1) is 0 Å². The summed E-state index contributed by atoms with van der Waals surface area (Å²) in [6.07, 6.45) is 0. The summed E-state index contributed by atoms with van der Waals surface area (Å²) >= 11 is -0.796. The first-order valence-electron chi connectivity index (χ1n) is 9.94. The van der Waals surface area contributed by atoms with E-state index in [2.05, 4.69) is 8.61 Å². The van der Waals surface area contributed by atoms with Gasteiger partial charge >= 0.3 is 7.75 Å². The van der Waals surface area contributed by atoms with Crippen LogP contribution in [0.1, 0.15) is 0 Å². The summed E-state index contributed by atoms with van der Waals surface area (Å²) in [6.45, 7) is 5.31. The third kappa shape index (κ3) is 5.91. The molecule has 2 fully saturated rings. The Morgan fingerprint density at radius 1 is 0.733 bits per heavy atom. The third-order valence-corrected chi connectivity index (χ3v) is 8.42. The Kier molecular flexibility index (Phi) is 7.54. The smallest absolute Gasteiger partial charge is 0.399 e. The van der Waals surface area contributed by atoms with Gasteiger partial charge in [0.05, 0.1) is 37.5 Å². The molecular formula is C20H26N3O5PS. The van der Waals surface area contributed by atoms with Crippen molar-refractivity contribution in [3.63, 3.8) is 0 Å². The molecule has 4 rings (SSSR count). The second-order valence-corrected chi connectivity index (χ2v) is 10.2. The molecule has 2 aromatic carbocycles. The monoisotopic (exact) mass is 451 g/mol. The summed E-state index contributed by atoms with van der Waals surface area (Å²) in [7, 11) is -3.88. The molecule has 2 aliphatic heterocycles. The number of benzene rings is 2. The zero-order chi connectivity index (χ0) is 20.7. The van der Waals surface area contributed by atoms with Crippen LogP contribution in [0.15, 0.2) is 64.8 Å². The third-order valence-electron chi connectivity index (χ3n) is 4.50. The van der Waals surface area contributed by atoms with Crippen molar-refractivity contribution in [3.05, 3.63) is 60.7 Å². The van der Waals surface area contributed by atoms with Crippen molar-refractivity contribution >= 4 is 18.8 Å². The van der Waals surface area contributed by atoms with Crippen LogP contribution in [0.5, 0.6) is 11.5 Å². The maximum atomic E-state index is 13.9. The maximum Gasteiger partial charge on any atom is 0.571 e. The van der Waals surface area contributed by atoms with Gasteiger partial charge in [-0.2, -0.15) is 0 Å². The first kappa shape index (κ1) is 21.5. The summed E-state index contributed by atoms with van der Waals surface area (Å²) < 4.78 is 45.8. The molecule has 0 amide bonds. The molecule has 2 aromatic rings. The van der Waals surface area contributed by atoms with Gasteiger partial charge in [0.1, 0.15) is 11.5 Å². The highest BCUT2D eigenvalue weighted by molar-refractivity contribution is 7.86. The molecule has 0 bridgehead atoms. The first-order valence-corrected chi connectivity index (χ1v) is 12.5. The Labute approximate surface area is 179 Å². The predicted molar refractivity (Wildman–Crippen MR) is 116 cm³/mol. The zero-order valence-corrected chi connectivity index (χ0v) is 18.4. The van der Waals surface area contributed by atoms with Gasteiger partial charge in [0.15, 0.2) is 0 Å². The Balaban J connectivity index is 1.69. The molecule has 2 saturated heterocycles. The van der Waals surface area contributed by atoms with E-state index in [0.29, 0.717) is 64.1 Å². The summed E-state index contributed by atoms with van der Waals surface area (Å²) in [5.41, 5.74) is 0. The van der Waals surface area contributed by atoms with Crippen LogP contribution < -0.4 is 9.05 Å². The van der Waals surface area contributed by atoms with Gasteiger partial charge in [0, 0.05) is 26.2 Å². The standard InChI is InChI=1S/C20H26N3O5PS/c24-29(27-19-7-3-1-4-8-19,28-20-9-5-2-6-10-20)21-30(22-11-15-25-16-12-22)23-13-17-26-18-14-23/h1-10H,11-18H2. The summed E-state index contributed by atoms with van der Waals surface area (Å²) in [5.74, 6) is 0.904. The molecule has 0 unspecified atom stereocenters. The highest BCUT2D eigenvalue weighted by Gasteiger charge is 2.33. The lowest BCUT2D eigenvalue weighted by atomic mass is 10.3. The molecule has 30 heavy (non-hydrogen) atoms. The van der Waals surface area contributed by atoms with Crippen LogP contribution >= 0.6 is 7.75 Å². The van der Waals surface area contributed by atoms with E-state index in [1.54, 1.807) is 24.3 Å². The van der Waals surface area contributed by atoms with Crippen molar-refractivity contribution in [2.75, 3.05) is 52.6 Å². The van der Waals surface area contributed by atoms with Crippen molar-refractivity contribution in [1.29, 1.82) is 0 Å². The normalized spacial score (nSPS) is 18.8. The highest BCUT2D eigenvalue weighted by atomic mass is 32.2. The number of rotatable bonds is 7. The van der Waals surface area contributed by atoms with Gasteiger partial charge < -0.3 is 18.5 Å². The number of morpholine rings is 2. The van der Waals surface area contributed by atoms with Crippen molar-refractivity contribution in [2.45, 2.75) is 0 Å². The van der Waals surface area contributed by atoms with Crippen molar-refractivity contribution < 1.29 is 23.1 Å². The lowest BCUT2D eigenvalue weighted by Gasteiger charge is -2.36. The molecule has 0 radical (unpaired) electrons. The van der Waals surface area contributed by atoms with Crippen LogP contribution in [0.4, 0.5) is 0 Å². The van der Waals surface area contributed by atoms with Crippen LogP contribution in [0.25, 0.3) is 0 Å². The van der Waals surface area contributed by atoms with Gasteiger partial charge in [-0.25, -0.2) is 13.2 Å². The zero-order valence-electron chi connectivity index (χ0n) is 16.7. The summed E-state index contributed by atoms with van der Waals surface area (Å²) in [4.78, 5) is 0. The van der Waals surface area contributed by atoms with Gasteiger partial charge in [0.25, 0.3) is 0 Å². The van der Waals surface area contributed by atoms with Crippen LogP contribution in [0.2, 0.25) is 0 Å². The quantitative estimate of drug-likeness (QED) is 0.596. The second kappa shape index (κ2) is 10.5. The van der Waals surface area contributed by atoms with E-state index in [-0.39, 0.29) is 0 Å². The number of nitrogens with zero attached hydrogens (tertiary/aromatic N) is 3. The molecule has 0 aliphatic carbocycles. The Morgan fingerprint density at radius 2 is 1.13 bits per heavy atom. The number of hydrogen-bond acceptors (Lipinski definition) is 5. The van der Waals surface area contributed by atoms with Gasteiger partial charge in [-0.1, -0.05) is 36.4 Å². The van der Waals surface area contributed by atoms with E-state index >= 15 is 0 Å². The minimum atomic E-state index is -3.88. The van der Waals surface area contributed by atoms with E-state index in [1.807, 2.05) is 36.4 Å². The van der Waals surface area contributed by atoms with E-state index in [0.717, 1.165) is 0 Å². The largest absolute Gasteiger partial charge is 0.571 e. The Hall–Kier alpha value is -1.74. The summed E-state index contributed by atoms with van der Waals surface area (Å²) in [5, 5.41) is 0. The van der Waals surface area contributed by atoms with Gasteiger partial charge in [0.2, 0.25) is 0 Å². The van der Waals surface area contributed by atoms with Crippen LogP contribution in [0.3, 0.4) is 0 Å². The first-order chi connectivity index (χ1) is 14.7. The lowest BCUT2D eigenvalue weighted by molar-refractivity contribution is 0.0620. The minimum absolute atomic E-state index is 0.452. The van der Waals surface area contributed by atoms with Crippen molar-refractivity contribution in [3.8, 4) is 11.5 Å². The SMILES string of the molecule is O=P(N=S(N1CCOCC1)N1CCOCC1)(Oc1ccccc1)Oc1ccccc1. The lowest BCUT2D eigenvalue weighted by Crippen LogP contribution is -2.48. The molecular weight excluding hydrogens is 425 g/mol. The Bertz CT molecular complexity index is 809. The van der Waals surface area contributed by atoms with Crippen molar-refractivity contribution in [1.82, 2.24) is 8.61 Å². The fourth-order valence-electron chi connectivity index (χ4n) is 3.06. The fraction of sp³-hybridized carbons (Fsp3) is 0.400. The van der Waals surface area contributed by atoms with Crippen LogP contribution in [-0.2, 0) is 25.1 Å². The van der Waals surface area contributed by atoms with Gasteiger partial charge in [-0.05, 0) is 24.3 Å². The molecule has 0 saturated carbocycles. The minimum Gasteiger partial charge on any atom is -0.399 e. The molecule has 10 heteroatoms. The number of para-hydroxylation sites is 2. The molecule has 0 atom stereocenters. The number of ether oxygens (including phenoxy) is 2. The topological polar surface area (TPSA) is 72.8 Å². The average Bonchev–Trinajstić information content (AvgIpc) is 2.80. The van der Waals surface area contributed by atoms with E-state index in [9.17, 15) is 4.57 Å². The van der Waals surface area contributed by atoms with Gasteiger partial charge in [-0.15, -0.1) is 4.13 Å². The highest BCUT2D eigenvalue weighted by Crippen LogP contribution is 2.51. The Morgan fingerprint density at radius 3 is 1.53 bits per heavy atom. The molecule has 0 aromatic heterocycles. The second-order valence-electron chi connectivity index (χ2n) is 6.69. The molecule has 0 spiro atoms. The van der Waals surface area contributed by atoms with Crippen molar-refractivity contribution in [2.24, 2.45) is 4.13 Å². The van der Waals surface area contributed by atoms with Gasteiger partial charge in [-0.3, -0.25) is 0 Å². The van der Waals surface area contributed by atoms with Crippen LogP contribution in [-0.4, -0.2) is 61.2 Å². The molecule has 162 valence electrons. The summed E-state index contributed by atoms with van der Waals surface area (Å²) in [6, 6.07) is 18.0. The van der Waals surface area contributed by atoms with E-state index in [1.165, 1.54) is 0 Å². The predicted octanol–water partition coefficient (Wildman–Crippen LogP) is 3.55. The average molecular weight is 451 g/mol.